The third-order valence-corrected chi connectivity index (χ3v) is 4.37. The molecule has 0 amide bonds. The fourth-order valence-corrected chi connectivity index (χ4v) is 3.26. The predicted octanol–water partition coefficient (Wildman–Crippen LogP) is 3.62. The van der Waals surface area contributed by atoms with Crippen LogP contribution in [0.5, 0.6) is 0 Å². The number of aromatic nitrogens is 2. The van der Waals surface area contributed by atoms with Crippen molar-refractivity contribution < 1.29 is 0 Å². The number of hydrogen-bond donors (Lipinski definition) is 1. The first kappa shape index (κ1) is 14.2. The molecule has 2 heterocycles. The van der Waals surface area contributed by atoms with Crippen molar-refractivity contribution in [2.45, 2.75) is 47.2 Å². The zero-order valence-corrected chi connectivity index (χ0v) is 13.1. The van der Waals surface area contributed by atoms with E-state index >= 15 is 0 Å². The molecule has 0 fully saturated rings. The highest BCUT2D eigenvalue weighted by atomic mass is 32.1. The number of thiazole rings is 1. The standard InChI is InChI=1S/C15H21N3S/c1-9-6-10(2)18-13(5)15(9)12(4)16-7-14-11(3)17-8-19-14/h6,8,12,16H,7H2,1-5H3. The van der Waals surface area contributed by atoms with Crippen LogP contribution in [0.3, 0.4) is 0 Å². The summed E-state index contributed by atoms with van der Waals surface area (Å²) in [4.78, 5) is 10.2. The lowest BCUT2D eigenvalue weighted by Crippen LogP contribution is -2.20. The number of aryl methyl sites for hydroxylation is 4. The highest BCUT2D eigenvalue weighted by molar-refractivity contribution is 7.09. The summed E-state index contributed by atoms with van der Waals surface area (Å²) in [5.74, 6) is 0. The van der Waals surface area contributed by atoms with Gasteiger partial charge in [-0.15, -0.1) is 11.3 Å². The molecule has 0 aliphatic heterocycles. The van der Waals surface area contributed by atoms with Gasteiger partial charge in [0.15, 0.2) is 0 Å². The molecule has 2 rings (SSSR count). The lowest BCUT2D eigenvalue weighted by atomic mass is 10.0. The summed E-state index contributed by atoms with van der Waals surface area (Å²) >= 11 is 1.71. The molecule has 19 heavy (non-hydrogen) atoms. The van der Waals surface area contributed by atoms with Crippen LogP contribution in [0.1, 0.15) is 46.1 Å². The third-order valence-electron chi connectivity index (χ3n) is 3.43. The minimum Gasteiger partial charge on any atom is -0.305 e. The van der Waals surface area contributed by atoms with Gasteiger partial charge in [0.1, 0.15) is 0 Å². The minimum atomic E-state index is 0.301. The molecule has 0 radical (unpaired) electrons. The molecule has 0 spiro atoms. The highest BCUT2D eigenvalue weighted by Crippen LogP contribution is 2.22. The summed E-state index contributed by atoms with van der Waals surface area (Å²) in [7, 11) is 0. The smallest absolute Gasteiger partial charge is 0.0798 e. The van der Waals surface area contributed by atoms with Crippen LogP contribution in [0.2, 0.25) is 0 Å². The van der Waals surface area contributed by atoms with Gasteiger partial charge in [0.2, 0.25) is 0 Å². The third kappa shape index (κ3) is 3.19. The quantitative estimate of drug-likeness (QED) is 0.926. The van der Waals surface area contributed by atoms with Gasteiger partial charge in [-0.25, -0.2) is 4.98 Å². The Hall–Kier alpha value is -1.26. The molecule has 2 aromatic heterocycles. The van der Waals surface area contributed by atoms with Crippen LogP contribution in [-0.4, -0.2) is 9.97 Å². The van der Waals surface area contributed by atoms with Crippen molar-refractivity contribution in [1.29, 1.82) is 0 Å². The maximum absolute atomic E-state index is 4.57. The molecule has 4 heteroatoms. The fraction of sp³-hybridized carbons (Fsp3) is 0.467. The van der Waals surface area contributed by atoms with Crippen LogP contribution >= 0.6 is 11.3 Å². The Morgan fingerprint density at radius 3 is 2.53 bits per heavy atom. The summed E-state index contributed by atoms with van der Waals surface area (Å²) in [5, 5.41) is 3.57. The first-order valence-electron chi connectivity index (χ1n) is 6.56. The van der Waals surface area contributed by atoms with E-state index in [1.807, 2.05) is 12.4 Å². The van der Waals surface area contributed by atoms with E-state index in [0.29, 0.717) is 6.04 Å². The number of hydrogen-bond acceptors (Lipinski definition) is 4. The average Bonchev–Trinajstić information content (AvgIpc) is 2.70. The zero-order chi connectivity index (χ0) is 14.0. The molecule has 1 N–H and O–H groups in total. The zero-order valence-electron chi connectivity index (χ0n) is 12.2. The van der Waals surface area contributed by atoms with Crippen molar-refractivity contribution >= 4 is 11.3 Å². The molecule has 1 unspecified atom stereocenters. The van der Waals surface area contributed by atoms with E-state index in [4.69, 9.17) is 0 Å². The van der Waals surface area contributed by atoms with Crippen molar-refractivity contribution in [2.24, 2.45) is 0 Å². The highest BCUT2D eigenvalue weighted by Gasteiger charge is 2.13. The summed E-state index contributed by atoms with van der Waals surface area (Å²) in [5.41, 5.74) is 7.86. The number of nitrogens with one attached hydrogen (secondary N) is 1. The van der Waals surface area contributed by atoms with Crippen molar-refractivity contribution in [2.75, 3.05) is 0 Å². The van der Waals surface area contributed by atoms with E-state index in [0.717, 1.165) is 23.6 Å². The van der Waals surface area contributed by atoms with Gasteiger partial charge in [0.05, 0.1) is 11.2 Å². The lowest BCUT2D eigenvalue weighted by molar-refractivity contribution is 0.569. The molecular weight excluding hydrogens is 254 g/mol. The molecule has 2 aromatic rings. The first-order valence-corrected chi connectivity index (χ1v) is 7.44. The van der Waals surface area contributed by atoms with Gasteiger partial charge in [-0.05, 0) is 51.8 Å². The minimum absolute atomic E-state index is 0.301. The van der Waals surface area contributed by atoms with Crippen LogP contribution in [-0.2, 0) is 6.54 Å². The van der Waals surface area contributed by atoms with E-state index in [1.54, 1.807) is 11.3 Å². The van der Waals surface area contributed by atoms with E-state index in [2.05, 4.69) is 49.0 Å². The van der Waals surface area contributed by atoms with Gasteiger partial charge < -0.3 is 5.32 Å². The van der Waals surface area contributed by atoms with Crippen LogP contribution in [0.15, 0.2) is 11.6 Å². The summed E-state index contributed by atoms with van der Waals surface area (Å²) in [6.07, 6.45) is 0. The average molecular weight is 275 g/mol. The van der Waals surface area contributed by atoms with Crippen molar-refractivity contribution in [1.82, 2.24) is 15.3 Å². The maximum atomic E-state index is 4.57. The van der Waals surface area contributed by atoms with Gasteiger partial charge >= 0.3 is 0 Å². The van der Waals surface area contributed by atoms with Crippen molar-refractivity contribution in [3.05, 3.63) is 44.7 Å². The lowest BCUT2D eigenvalue weighted by Gasteiger charge is -2.19. The molecular formula is C15H21N3S. The Morgan fingerprint density at radius 2 is 1.95 bits per heavy atom. The normalized spacial score (nSPS) is 12.7. The van der Waals surface area contributed by atoms with Gasteiger partial charge in [0, 0.05) is 28.9 Å². The number of rotatable bonds is 4. The molecule has 0 bridgehead atoms. The Labute approximate surface area is 119 Å². The Bertz CT molecular complexity index is 552. The largest absolute Gasteiger partial charge is 0.305 e. The Morgan fingerprint density at radius 1 is 1.21 bits per heavy atom. The van der Waals surface area contributed by atoms with Crippen LogP contribution < -0.4 is 5.32 Å². The molecule has 3 nitrogen and oxygen atoms in total. The number of nitrogens with zero attached hydrogens (tertiary/aromatic N) is 2. The Kier molecular flexibility index (Phi) is 4.32. The summed E-state index contributed by atoms with van der Waals surface area (Å²) in [6, 6.07) is 2.45. The van der Waals surface area contributed by atoms with Crippen molar-refractivity contribution in [3.63, 3.8) is 0 Å². The van der Waals surface area contributed by atoms with E-state index < -0.39 is 0 Å². The van der Waals surface area contributed by atoms with Crippen LogP contribution in [0.4, 0.5) is 0 Å². The van der Waals surface area contributed by atoms with E-state index in [-0.39, 0.29) is 0 Å². The topological polar surface area (TPSA) is 37.8 Å². The number of pyridine rings is 1. The van der Waals surface area contributed by atoms with Gasteiger partial charge in [-0.2, -0.15) is 0 Å². The monoisotopic (exact) mass is 275 g/mol. The maximum Gasteiger partial charge on any atom is 0.0798 e. The molecule has 0 saturated carbocycles. The molecule has 102 valence electrons. The molecule has 0 saturated heterocycles. The van der Waals surface area contributed by atoms with Crippen LogP contribution in [0.25, 0.3) is 0 Å². The van der Waals surface area contributed by atoms with Crippen LogP contribution in [0, 0.1) is 27.7 Å². The first-order chi connectivity index (χ1) is 8.99. The predicted molar refractivity (Wildman–Crippen MR) is 80.6 cm³/mol. The second-order valence-electron chi connectivity index (χ2n) is 5.04. The summed E-state index contributed by atoms with van der Waals surface area (Å²) in [6.45, 7) is 11.4. The fourth-order valence-electron chi connectivity index (χ4n) is 2.53. The Balaban J connectivity index is 2.12. The second kappa shape index (κ2) is 5.80. The van der Waals surface area contributed by atoms with Gasteiger partial charge in [-0.1, -0.05) is 0 Å². The molecule has 1 atom stereocenters. The SMILES string of the molecule is Cc1cc(C)c(C(C)NCc2scnc2C)c(C)n1. The second-order valence-corrected chi connectivity index (χ2v) is 5.98. The van der Waals surface area contributed by atoms with E-state index in [1.165, 1.54) is 16.0 Å². The van der Waals surface area contributed by atoms with Crippen molar-refractivity contribution in [3.8, 4) is 0 Å². The molecule has 0 aliphatic carbocycles. The van der Waals surface area contributed by atoms with E-state index in [9.17, 15) is 0 Å². The molecule has 0 aliphatic rings. The summed E-state index contributed by atoms with van der Waals surface area (Å²) < 4.78 is 0. The van der Waals surface area contributed by atoms with Gasteiger partial charge in [-0.3, -0.25) is 4.98 Å². The van der Waals surface area contributed by atoms with Gasteiger partial charge in [0.25, 0.3) is 0 Å². The molecule has 0 aromatic carbocycles.